The average molecular weight is 308 g/mol. The largest absolute Gasteiger partial charge is 0.484 e. The predicted octanol–water partition coefficient (Wildman–Crippen LogP) is 1.72. The summed E-state index contributed by atoms with van der Waals surface area (Å²) >= 11 is 0. The molecule has 0 radical (unpaired) electrons. The van der Waals surface area contributed by atoms with E-state index in [1.54, 1.807) is 26.0 Å². The van der Waals surface area contributed by atoms with Gasteiger partial charge in [-0.1, -0.05) is 12.1 Å². The molecule has 1 aromatic rings. The Morgan fingerprint density at radius 1 is 1.36 bits per heavy atom. The Labute approximate surface area is 127 Å². The molecule has 1 aliphatic rings. The van der Waals surface area contributed by atoms with E-state index >= 15 is 0 Å². The van der Waals surface area contributed by atoms with Crippen molar-refractivity contribution in [3.05, 3.63) is 41.4 Å². The first-order chi connectivity index (χ1) is 10.5. The summed E-state index contributed by atoms with van der Waals surface area (Å²) in [4.78, 5) is 23.6. The Morgan fingerprint density at radius 3 is 2.77 bits per heavy atom. The minimum absolute atomic E-state index is 0.0404. The number of ether oxygens (including phenoxy) is 2. The Kier molecular flexibility index (Phi) is 4.98. The molecule has 1 atom stereocenters. The van der Waals surface area contributed by atoms with Crippen LogP contribution in [0.5, 0.6) is 5.75 Å². The summed E-state index contributed by atoms with van der Waals surface area (Å²) in [6.45, 7) is 3.42. The molecule has 0 saturated carbocycles. The van der Waals surface area contributed by atoms with Crippen LogP contribution < -0.4 is 15.4 Å². The van der Waals surface area contributed by atoms with Crippen LogP contribution in [0.25, 0.3) is 0 Å². The van der Waals surface area contributed by atoms with Crippen molar-refractivity contribution in [3.8, 4) is 5.75 Å². The number of amides is 2. The van der Waals surface area contributed by atoms with Gasteiger partial charge in [-0.15, -0.1) is 0 Å². The first-order valence-corrected chi connectivity index (χ1v) is 6.88. The minimum atomic E-state index is -0.547. The summed E-state index contributed by atoms with van der Waals surface area (Å²) in [6.07, 6.45) is 0. The molecule has 0 aliphatic carbocycles. The van der Waals surface area contributed by atoms with Crippen LogP contribution in [0.15, 0.2) is 35.5 Å². The maximum atomic E-state index is 13.5. The number of esters is 1. The van der Waals surface area contributed by atoms with Crippen LogP contribution in [0, 0.1) is 5.82 Å². The van der Waals surface area contributed by atoms with Crippen LogP contribution in [-0.2, 0) is 9.53 Å². The SMILES string of the molecule is CCOC(=O)C1=C(COc2ccccc2F)NC(=O)NC1C. The molecule has 2 amide bonds. The Morgan fingerprint density at radius 2 is 2.09 bits per heavy atom. The molecule has 0 aromatic heterocycles. The van der Waals surface area contributed by atoms with E-state index in [0.29, 0.717) is 0 Å². The highest BCUT2D eigenvalue weighted by Crippen LogP contribution is 2.19. The van der Waals surface area contributed by atoms with E-state index in [2.05, 4.69) is 10.6 Å². The molecule has 0 spiro atoms. The third-order valence-corrected chi connectivity index (χ3v) is 3.07. The molecule has 2 rings (SSSR count). The van der Waals surface area contributed by atoms with Gasteiger partial charge in [0, 0.05) is 0 Å². The number of para-hydroxylation sites is 1. The minimum Gasteiger partial charge on any atom is -0.484 e. The van der Waals surface area contributed by atoms with Crippen LogP contribution in [0.2, 0.25) is 0 Å². The molecular formula is C15H17FN2O4. The molecule has 2 N–H and O–H groups in total. The highest BCUT2D eigenvalue weighted by Gasteiger charge is 2.30. The lowest BCUT2D eigenvalue weighted by Gasteiger charge is -2.26. The van der Waals surface area contributed by atoms with Crippen molar-refractivity contribution in [2.24, 2.45) is 0 Å². The van der Waals surface area contributed by atoms with Gasteiger partial charge in [0.1, 0.15) is 6.61 Å². The highest BCUT2D eigenvalue weighted by atomic mass is 19.1. The van der Waals surface area contributed by atoms with Crippen molar-refractivity contribution in [1.29, 1.82) is 0 Å². The van der Waals surface area contributed by atoms with Crippen LogP contribution in [-0.4, -0.2) is 31.3 Å². The van der Waals surface area contributed by atoms with Gasteiger partial charge in [0.2, 0.25) is 0 Å². The third-order valence-electron chi connectivity index (χ3n) is 3.07. The van der Waals surface area contributed by atoms with Crippen molar-refractivity contribution in [3.63, 3.8) is 0 Å². The van der Waals surface area contributed by atoms with Gasteiger partial charge in [0.25, 0.3) is 0 Å². The Balaban J connectivity index is 2.22. The second-order valence-electron chi connectivity index (χ2n) is 4.65. The fourth-order valence-corrected chi connectivity index (χ4v) is 2.10. The van der Waals surface area contributed by atoms with Crippen LogP contribution >= 0.6 is 0 Å². The van der Waals surface area contributed by atoms with Gasteiger partial charge in [-0.05, 0) is 26.0 Å². The highest BCUT2D eigenvalue weighted by molar-refractivity contribution is 5.94. The molecule has 1 heterocycles. The molecule has 7 heteroatoms. The van der Waals surface area contributed by atoms with E-state index in [4.69, 9.17) is 9.47 Å². The molecule has 22 heavy (non-hydrogen) atoms. The quantitative estimate of drug-likeness (QED) is 0.812. The summed E-state index contributed by atoms with van der Waals surface area (Å²) in [5.74, 6) is -1.03. The van der Waals surface area contributed by atoms with Gasteiger partial charge in [0.15, 0.2) is 11.6 Å². The summed E-state index contributed by atoms with van der Waals surface area (Å²) in [5, 5.41) is 5.08. The monoisotopic (exact) mass is 308 g/mol. The van der Waals surface area contributed by atoms with Crippen molar-refractivity contribution < 1.29 is 23.5 Å². The van der Waals surface area contributed by atoms with Crippen molar-refractivity contribution >= 4 is 12.0 Å². The molecule has 1 aromatic carbocycles. The number of urea groups is 1. The Bertz CT molecular complexity index is 615. The second-order valence-corrected chi connectivity index (χ2v) is 4.65. The van der Waals surface area contributed by atoms with Crippen molar-refractivity contribution in [2.75, 3.05) is 13.2 Å². The lowest BCUT2D eigenvalue weighted by molar-refractivity contribution is -0.139. The van der Waals surface area contributed by atoms with Gasteiger partial charge >= 0.3 is 12.0 Å². The summed E-state index contributed by atoms with van der Waals surface area (Å²) in [5.41, 5.74) is 0.524. The predicted molar refractivity (Wildman–Crippen MR) is 76.7 cm³/mol. The standard InChI is InChI=1S/C15H17FN2O4/c1-3-21-14(19)13-9(2)17-15(20)18-11(13)8-22-12-7-5-4-6-10(12)16/h4-7,9H,3,8H2,1-2H3,(H2,17,18,20). The Hall–Kier alpha value is -2.57. The third kappa shape index (κ3) is 3.55. The number of nitrogens with one attached hydrogen (secondary N) is 2. The van der Waals surface area contributed by atoms with E-state index in [9.17, 15) is 14.0 Å². The zero-order chi connectivity index (χ0) is 16.1. The van der Waals surface area contributed by atoms with Gasteiger partial charge < -0.3 is 20.1 Å². The van der Waals surface area contributed by atoms with Crippen LogP contribution in [0.4, 0.5) is 9.18 Å². The number of carbonyl (C=O) groups is 2. The first kappa shape index (κ1) is 15.8. The molecule has 118 valence electrons. The van der Waals surface area contributed by atoms with Gasteiger partial charge in [-0.25, -0.2) is 14.0 Å². The number of halogens is 1. The van der Waals surface area contributed by atoms with E-state index in [-0.39, 0.29) is 30.2 Å². The zero-order valence-electron chi connectivity index (χ0n) is 12.3. The fraction of sp³-hybridized carbons (Fsp3) is 0.333. The van der Waals surface area contributed by atoms with Gasteiger partial charge in [-0.2, -0.15) is 0 Å². The van der Waals surface area contributed by atoms with E-state index in [1.807, 2.05) is 0 Å². The van der Waals surface area contributed by atoms with Crippen LogP contribution in [0.3, 0.4) is 0 Å². The molecule has 6 nitrogen and oxygen atoms in total. The first-order valence-electron chi connectivity index (χ1n) is 6.88. The van der Waals surface area contributed by atoms with E-state index in [1.165, 1.54) is 12.1 Å². The maximum Gasteiger partial charge on any atom is 0.338 e. The summed E-state index contributed by atoms with van der Waals surface area (Å²) < 4.78 is 23.9. The molecular weight excluding hydrogens is 291 g/mol. The van der Waals surface area contributed by atoms with Crippen molar-refractivity contribution in [1.82, 2.24) is 10.6 Å². The number of hydrogen-bond acceptors (Lipinski definition) is 4. The second kappa shape index (κ2) is 6.93. The molecule has 0 saturated heterocycles. The smallest absolute Gasteiger partial charge is 0.338 e. The zero-order valence-corrected chi connectivity index (χ0v) is 12.3. The van der Waals surface area contributed by atoms with Crippen LogP contribution in [0.1, 0.15) is 13.8 Å². The number of benzene rings is 1. The molecule has 1 aliphatic heterocycles. The number of rotatable bonds is 5. The van der Waals surface area contributed by atoms with Crippen molar-refractivity contribution in [2.45, 2.75) is 19.9 Å². The topological polar surface area (TPSA) is 76.7 Å². The maximum absolute atomic E-state index is 13.5. The summed E-state index contributed by atoms with van der Waals surface area (Å²) in [6, 6.07) is 4.92. The molecule has 0 fully saturated rings. The number of hydrogen-bond donors (Lipinski definition) is 2. The van der Waals surface area contributed by atoms with E-state index in [0.717, 1.165) is 0 Å². The number of carbonyl (C=O) groups excluding carboxylic acids is 2. The fourth-order valence-electron chi connectivity index (χ4n) is 2.10. The normalized spacial score (nSPS) is 17.6. The van der Waals surface area contributed by atoms with Gasteiger partial charge in [-0.3, -0.25) is 0 Å². The van der Waals surface area contributed by atoms with Gasteiger partial charge in [0.05, 0.1) is 23.9 Å². The lowest BCUT2D eigenvalue weighted by atomic mass is 10.0. The lowest BCUT2D eigenvalue weighted by Crippen LogP contribution is -2.50. The molecule has 1 unspecified atom stereocenters. The summed E-state index contributed by atoms with van der Waals surface area (Å²) in [7, 11) is 0. The molecule has 0 bridgehead atoms. The van der Waals surface area contributed by atoms with E-state index < -0.39 is 23.9 Å². The average Bonchev–Trinajstić information content (AvgIpc) is 2.46.